The SMILES string of the molecule is CSC1CCCCC1NCC(C)C#N. The molecule has 1 saturated carbocycles. The molecule has 0 radical (unpaired) electrons. The van der Waals surface area contributed by atoms with E-state index in [1.807, 2.05) is 18.7 Å². The van der Waals surface area contributed by atoms with Gasteiger partial charge in [0.1, 0.15) is 0 Å². The minimum Gasteiger partial charge on any atom is -0.312 e. The second-order valence-electron chi connectivity index (χ2n) is 4.10. The molecular formula is C11H20N2S. The molecule has 1 aliphatic carbocycles. The number of thioether (sulfide) groups is 1. The second-order valence-corrected chi connectivity index (χ2v) is 5.18. The molecule has 0 amide bonds. The Balaban J connectivity index is 2.30. The summed E-state index contributed by atoms with van der Waals surface area (Å²) in [5.41, 5.74) is 0. The first-order chi connectivity index (χ1) is 6.77. The summed E-state index contributed by atoms with van der Waals surface area (Å²) in [6, 6.07) is 2.90. The van der Waals surface area contributed by atoms with Crippen LogP contribution in [0.25, 0.3) is 0 Å². The van der Waals surface area contributed by atoms with E-state index >= 15 is 0 Å². The van der Waals surface area contributed by atoms with E-state index < -0.39 is 0 Å². The summed E-state index contributed by atoms with van der Waals surface area (Å²) in [5.74, 6) is 0.138. The zero-order chi connectivity index (χ0) is 10.4. The van der Waals surface area contributed by atoms with E-state index in [1.165, 1.54) is 25.7 Å². The Morgan fingerprint density at radius 3 is 2.86 bits per heavy atom. The third-order valence-electron chi connectivity index (χ3n) is 2.91. The highest BCUT2D eigenvalue weighted by Crippen LogP contribution is 2.27. The summed E-state index contributed by atoms with van der Waals surface area (Å²) < 4.78 is 0. The number of rotatable bonds is 4. The zero-order valence-electron chi connectivity index (χ0n) is 9.12. The van der Waals surface area contributed by atoms with Gasteiger partial charge in [0, 0.05) is 17.8 Å². The Labute approximate surface area is 91.4 Å². The van der Waals surface area contributed by atoms with Gasteiger partial charge in [0.25, 0.3) is 0 Å². The monoisotopic (exact) mass is 212 g/mol. The van der Waals surface area contributed by atoms with Gasteiger partial charge in [-0.3, -0.25) is 0 Å². The van der Waals surface area contributed by atoms with Crippen molar-refractivity contribution in [3.8, 4) is 6.07 Å². The molecule has 3 unspecified atom stereocenters. The molecule has 0 bridgehead atoms. The van der Waals surface area contributed by atoms with Crippen LogP contribution in [0, 0.1) is 17.2 Å². The molecule has 0 spiro atoms. The van der Waals surface area contributed by atoms with Crippen molar-refractivity contribution < 1.29 is 0 Å². The van der Waals surface area contributed by atoms with E-state index in [2.05, 4.69) is 17.6 Å². The van der Waals surface area contributed by atoms with Crippen molar-refractivity contribution in [3.05, 3.63) is 0 Å². The van der Waals surface area contributed by atoms with Crippen molar-refractivity contribution in [2.45, 2.75) is 43.9 Å². The predicted octanol–water partition coefficient (Wildman–Crippen LogP) is 2.41. The molecule has 0 aromatic rings. The molecule has 0 aromatic carbocycles. The van der Waals surface area contributed by atoms with E-state index in [9.17, 15) is 0 Å². The quantitative estimate of drug-likeness (QED) is 0.777. The maximum Gasteiger partial charge on any atom is 0.0666 e. The first-order valence-electron chi connectivity index (χ1n) is 5.43. The fourth-order valence-corrected chi connectivity index (χ4v) is 2.95. The van der Waals surface area contributed by atoms with E-state index in [4.69, 9.17) is 5.26 Å². The highest BCUT2D eigenvalue weighted by atomic mass is 32.2. The van der Waals surface area contributed by atoms with Gasteiger partial charge >= 0.3 is 0 Å². The molecule has 1 N–H and O–H groups in total. The lowest BCUT2D eigenvalue weighted by molar-refractivity contribution is 0.375. The lowest BCUT2D eigenvalue weighted by Crippen LogP contribution is -2.42. The van der Waals surface area contributed by atoms with Gasteiger partial charge in [-0.2, -0.15) is 17.0 Å². The number of nitrogens with zero attached hydrogens (tertiary/aromatic N) is 1. The van der Waals surface area contributed by atoms with Crippen molar-refractivity contribution in [2.24, 2.45) is 5.92 Å². The number of hydrogen-bond acceptors (Lipinski definition) is 3. The molecule has 0 saturated heterocycles. The molecule has 0 heterocycles. The normalized spacial score (nSPS) is 29.5. The summed E-state index contributed by atoms with van der Waals surface area (Å²) in [6.07, 6.45) is 7.52. The molecular weight excluding hydrogens is 192 g/mol. The molecule has 1 fully saturated rings. The van der Waals surface area contributed by atoms with Gasteiger partial charge in [-0.05, 0) is 26.0 Å². The van der Waals surface area contributed by atoms with Crippen molar-refractivity contribution in [2.75, 3.05) is 12.8 Å². The Morgan fingerprint density at radius 2 is 2.21 bits per heavy atom. The van der Waals surface area contributed by atoms with E-state index in [0.29, 0.717) is 6.04 Å². The van der Waals surface area contributed by atoms with Gasteiger partial charge < -0.3 is 5.32 Å². The van der Waals surface area contributed by atoms with Crippen LogP contribution < -0.4 is 5.32 Å². The summed E-state index contributed by atoms with van der Waals surface area (Å²) in [5, 5.41) is 13.0. The fraction of sp³-hybridized carbons (Fsp3) is 0.909. The van der Waals surface area contributed by atoms with Crippen LogP contribution in [-0.2, 0) is 0 Å². The molecule has 0 aromatic heterocycles. The molecule has 14 heavy (non-hydrogen) atoms. The van der Waals surface area contributed by atoms with Crippen molar-refractivity contribution in [1.29, 1.82) is 5.26 Å². The van der Waals surface area contributed by atoms with Gasteiger partial charge in [-0.25, -0.2) is 0 Å². The molecule has 2 nitrogen and oxygen atoms in total. The van der Waals surface area contributed by atoms with Crippen LogP contribution in [0.1, 0.15) is 32.6 Å². The molecule has 80 valence electrons. The predicted molar refractivity (Wildman–Crippen MR) is 62.3 cm³/mol. The van der Waals surface area contributed by atoms with Gasteiger partial charge in [-0.15, -0.1) is 0 Å². The number of nitrogens with one attached hydrogen (secondary N) is 1. The van der Waals surface area contributed by atoms with E-state index in [0.717, 1.165) is 11.8 Å². The third-order valence-corrected chi connectivity index (χ3v) is 4.08. The van der Waals surface area contributed by atoms with Gasteiger partial charge in [0.15, 0.2) is 0 Å². The van der Waals surface area contributed by atoms with E-state index in [1.54, 1.807) is 0 Å². The molecule has 3 atom stereocenters. The maximum atomic E-state index is 8.69. The zero-order valence-corrected chi connectivity index (χ0v) is 9.94. The van der Waals surface area contributed by atoms with Crippen LogP contribution in [0.4, 0.5) is 0 Å². The Morgan fingerprint density at radius 1 is 1.50 bits per heavy atom. The summed E-state index contributed by atoms with van der Waals surface area (Å²) in [6.45, 7) is 2.82. The summed E-state index contributed by atoms with van der Waals surface area (Å²) >= 11 is 1.97. The van der Waals surface area contributed by atoms with Crippen molar-refractivity contribution >= 4 is 11.8 Å². The van der Waals surface area contributed by atoms with Crippen LogP contribution in [0.3, 0.4) is 0 Å². The lowest BCUT2D eigenvalue weighted by atomic mass is 9.94. The highest BCUT2D eigenvalue weighted by molar-refractivity contribution is 7.99. The smallest absolute Gasteiger partial charge is 0.0666 e. The minimum absolute atomic E-state index is 0.138. The van der Waals surface area contributed by atoms with Crippen LogP contribution in [0.5, 0.6) is 0 Å². The average molecular weight is 212 g/mol. The molecule has 0 aliphatic heterocycles. The third kappa shape index (κ3) is 3.51. The first kappa shape index (κ1) is 11.9. The van der Waals surface area contributed by atoms with Crippen LogP contribution >= 0.6 is 11.8 Å². The largest absolute Gasteiger partial charge is 0.312 e. The Hall–Kier alpha value is -0.200. The average Bonchev–Trinajstić information content (AvgIpc) is 2.26. The topological polar surface area (TPSA) is 35.8 Å². The van der Waals surface area contributed by atoms with Crippen LogP contribution in [0.15, 0.2) is 0 Å². The second kappa shape index (κ2) is 6.31. The standard InChI is InChI=1S/C11H20N2S/c1-9(7-12)8-13-10-5-3-4-6-11(10)14-2/h9-11,13H,3-6,8H2,1-2H3. The lowest BCUT2D eigenvalue weighted by Gasteiger charge is -2.31. The number of nitriles is 1. The fourth-order valence-electron chi connectivity index (χ4n) is 1.99. The van der Waals surface area contributed by atoms with Gasteiger partial charge in [0.2, 0.25) is 0 Å². The van der Waals surface area contributed by atoms with Gasteiger partial charge in [0.05, 0.1) is 12.0 Å². The number of hydrogen-bond donors (Lipinski definition) is 1. The Bertz CT molecular complexity index is 200. The summed E-state index contributed by atoms with van der Waals surface area (Å²) in [7, 11) is 0. The van der Waals surface area contributed by atoms with Crippen molar-refractivity contribution in [1.82, 2.24) is 5.32 Å². The van der Waals surface area contributed by atoms with Crippen molar-refractivity contribution in [3.63, 3.8) is 0 Å². The maximum absolute atomic E-state index is 8.69. The molecule has 3 heteroatoms. The Kier molecular flexibility index (Phi) is 5.36. The molecule has 1 aliphatic rings. The first-order valence-corrected chi connectivity index (χ1v) is 6.72. The minimum atomic E-state index is 0.138. The molecule has 1 rings (SSSR count). The van der Waals surface area contributed by atoms with Crippen LogP contribution in [0.2, 0.25) is 0 Å². The summed E-state index contributed by atoms with van der Waals surface area (Å²) in [4.78, 5) is 0. The van der Waals surface area contributed by atoms with Gasteiger partial charge in [-0.1, -0.05) is 12.8 Å². The highest BCUT2D eigenvalue weighted by Gasteiger charge is 2.23. The van der Waals surface area contributed by atoms with Crippen LogP contribution in [-0.4, -0.2) is 24.1 Å². The van der Waals surface area contributed by atoms with E-state index in [-0.39, 0.29) is 5.92 Å².